The summed E-state index contributed by atoms with van der Waals surface area (Å²) in [6.45, 7) is 7.14. The van der Waals surface area contributed by atoms with Crippen LogP contribution in [0.15, 0.2) is 0 Å². The fourth-order valence-corrected chi connectivity index (χ4v) is 2.24. The molecule has 1 fully saturated rings. The van der Waals surface area contributed by atoms with Crippen molar-refractivity contribution in [2.75, 3.05) is 13.6 Å². The van der Waals surface area contributed by atoms with Gasteiger partial charge in [0.25, 0.3) is 0 Å². The van der Waals surface area contributed by atoms with Crippen LogP contribution in [0.2, 0.25) is 0 Å². The van der Waals surface area contributed by atoms with Gasteiger partial charge in [0, 0.05) is 13.6 Å². The number of carbonyl (C=O) groups excluding carboxylic acids is 1. The van der Waals surface area contributed by atoms with E-state index in [-0.39, 0.29) is 18.1 Å². The van der Waals surface area contributed by atoms with Crippen LogP contribution in [-0.4, -0.2) is 37.7 Å². The molecule has 1 heterocycles. The molecule has 0 aromatic rings. The first-order chi connectivity index (χ1) is 8.02. The van der Waals surface area contributed by atoms with Crippen LogP contribution < -0.4 is 10.6 Å². The number of nitrogens with one attached hydrogen (secondary N) is 2. The van der Waals surface area contributed by atoms with Crippen molar-refractivity contribution in [3.05, 3.63) is 0 Å². The van der Waals surface area contributed by atoms with E-state index in [1.54, 1.807) is 7.05 Å². The molecule has 3 atom stereocenters. The van der Waals surface area contributed by atoms with Crippen molar-refractivity contribution in [3.63, 3.8) is 0 Å². The van der Waals surface area contributed by atoms with Crippen LogP contribution in [0.5, 0.6) is 0 Å². The van der Waals surface area contributed by atoms with Crippen LogP contribution in [-0.2, 0) is 9.53 Å². The van der Waals surface area contributed by atoms with E-state index in [4.69, 9.17) is 4.74 Å². The largest absolute Gasteiger partial charge is 0.374 e. The standard InChI is InChI=1S/C13H26N2O2/c1-9(2)7-12(13(16)14-4)15-8-11-6-5-10(3)17-11/h9-12,15H,5-8H2,1-4H3,(H,14,16). The minimum atomic E-state index is -0.0977. The Labute approximate surface area is 104 Å². The molecule has 17 heavy (non-hydrogen) atoms. The van der Waals surface area contributed by atoms with E-state index in [1.165, 1.54) is 0 Å². The third-order valence-electron chi connectivity index (χ3n) is 3.18. The maximum absolute atomic E-state index is 11.7. The number of hydrogen-bond acceptors (Lipinski definition) is 3. The molecule has 4 nitrogen and oxygen atoms in total. The highest BCUT2D eigenvalue weighted by Crippen LogP contribution is 2.18. The van der Waals surface area contributed by atoms with Gasteiger partial charge in [0.1, 0.15) is 0 Å². The second-order valence-corrected chi connectivity index (χ2v) is 5.35. The molecule has 1 rings (SSSR count). The van der Waals surface area contributed by atoms with Gasteiger partial charge in [0.15, 0.2) is 0 Å². The van der Waals surface area contributed by atoms with Crippen LogP contribution in [0.1, 0.15) is 40.0 Å². The molecule has 1 aliphatic rings. The van der Waals surface area contributed by atoms with Gasteiger partial charge in [-0.3, -0.25) is 4.79 Å². The molecule has 0 aliphatic carbocycles. The van der Waals surface area contributed by atoms with Crippen LogP contribution in [0.3, 0.4) is 0 Å². The minimum Gasteiger partial charge on any atom is -0.374 e. The zero-order valence-electron chi connectivity index (χ0n) is 11.5. The molecule has 0 bridgehead atoms. The fraction of sp³-hybridized carbons (Fsp3) is 0.923. The molecule has 0 radical (unpaired) electrons. The Bertz CT molecular complexity index is 244. The first-order valence-electron chi connectivity index (χ1n) is 6.63. The number of amides is 1. The summed E-state index contributed by atoms with van der Waals surface area (Å²) in [4.78, 5) is 11.7. The highest BCUT2D eigenvalue weighted by atomic mass is 16.5. The number of likely N-dealkylation sites (N-methyl/N-ethyl adjacent to an activating group) is 1. The molecule has 3 unspecified atom stereocenters. The van der Waals surface area contributed by atoms with E-state index >= 15 is 0 Å². The third-order valence-corrected chi connectivity index (χ3v) is 3.18. The predicted molar refractivity (Wildman–Crippen MR) is 68.9 cm³/mol. The minimum absolute atomic E-state index is 0.0738. The maximum Gasteiger partial charge on any atom is 0.236 e. The molecule has 1 aliphatic heterocycles. The van der Waals surface area contributed by atoms with Gasteiger partial charge < -0.3 is 15.4 Å². The van der Waals surface area contributed by atoms with Crippen LogP contribution >= 0.6 is 0 Å². The molecule has 0 saturated carbocycles. The van der Waals surface area contributed by atoms with Gasteiger partial charge in [-0.05, 0) is 32.1 Å². The van der Waals surface area contributed by atoms with Crippen LogP contribution in [0.4, 0.5) is 0 Å². The van der Waals surface area contributed by atoms with Gasteiger partial charge in [0.2, 0.25) is 5.91 Å². The monoisotopic (exact) mass is 242 g/mol. The summed E-state index contributed by atoms with van der Waals surface area (Å²) in [5, 5.41) is 6.04. The van der Waals surface area contributed by atoms with Crippen molar-refractivity contribution in [1.29, 1.82) is 0 Å². The summed E-state index contributed by atoms with van der Waals surface area (Å²) >= 11 is 0. The van der Waals surface area contributed by atoms with E-state index in [9.17, 15) is 4.79 Å². The van der Waals surface area contributed by atoms with E-state index in [0.717, 1.165) is 25.8 Å². The second kappa shape index (κ2) is 6.97. The Morgan fingerprint density at radius 2 is 2.12 bits per heavy atom. The SMILES string of the molecule is CNC(=O)C(CC(C)C)NCC1CCC(C)O1. The lowest BCUT2D eigenvalue weighted by molar-refractivity contribution is -0.123. The quantitative estimate of drug-likeness (QED) is 0.738. The number of carbonyl (C=O) groups is 1. The smallest absolute Gasteiger partial charge is 0.236 e. The van der Waals surface area contributed by atoms with Crippen molar-refractivity contribution in [2.24, 2.45) is 5.92 Å². The Kier molecular flexibility index (Phi) is 5.92. The summed E-state index contributed by atoms with van der Waals surface area (Å²) in [6.07, 6.45) is 3.72. The summed E-state index contributed by atoms with van der Waals surface area (Å²) in [6, 6.07) is -0.0977. The average Bonchev–Trinajstić information content (AvgIpc) is 2.68. The molecular formula is C13H26N2O2. The fourth-order valence-electron chi connectivity index (χ4n) is 2.24. The zero-order chi connectivity index (χ0) is 12.8. The summed E-state index contributed by atoms with van der Waals surface area (Å²) in [5.41, 5.74) is 0. The van der Waals surface area contributed by atoms with E-state index in [1.807, 2.05) is 0 Å². The van der Waals surface area contributed by atoms with Crippen molar-refractivity contribution in [3.8, 4) is 0 Å². The molecule has 0 aromatic heterocycles. The van der Waals surface area contributed by atoms with Crippen LogP contribution in [0, 0.1) is 5.92 Å². The summed E-state index contributed by atoms with van der Waals surface area (Å²) in [5.74, 6) is 0.581. The topological polar surface area (TPSA) is 50.4 Å². The first-order valence-corrected chi connectivity index (χ1v) is 6.63. The lowest BCUT2D eigenvalue weighted by Gasteiger charge is -2.21. The summed E-state index contributed by atoms with van der Waals surface area (Å²) in [7, 11) is 1.69. The predicted octanol–water partition coefficient (Wildman–Crippen LogP) is 1.30. The molecule has 0 spiro atoms. The molecule has 1 amide bonds. The van der Waals surface area contributed by atoms with E-state index < -0.39 is 0 Å². The first kappa shape index (κ1) is 14.5. The molecule has 2 N–H and O–H groups in total. The second-order valence-electron chi connectivity index (χ2n) is 5.35. The van der Waals surface area contributed by atoms with Crippen molar-refractivity contribution in [1.82, 2.24) is 10.6 Å². The highest BCUT2D eigenvalue weighted by Gasteiger charge is 2.24. The van der Waals surface area contributed by atoms with Gasteiger partial charge in [-0.1, -0.05) is 13.8 Å². The zero-order valence-corrected chi connectivity index (χ0v) is 11.5. The molecule has 1 saturated heterocycles. The lowest BCUT2D eigenvalue weighted by Crippen LogP contribution is -2.46. The Morgan fingerprint density at radius 1 is 1.41 bits per heavy atom. The van der Waals surface area contributed by atoms with Gasteiger partial charge in [-0.15, -0.1) is 0 Å². The average molecular weight is 242 g/mol. The Balaban J connectivity index is 2.35. The third kappa shape index (κ3) is 5.04. The van der Waals surface area contributed by atoms with Gasteiger partial charge in [0.05, 0.1) is 18.2 Å². The Morgan fingerprint density at radius 3 is 2.59 bits per heavy atom. The molecule has 100 valence electrons. The molecular weight excluding hydrogens is 216 g/mol. The van der Waals surface area contributed by atoms with Crippen LogP contribution in [0.25, 0.3) is 0 Å². The van der Waals surface area contributed by atoms with E-state index in [0.29, 0.717) is 12.0 Å². The molecule has 0 aromatic carbocycles. The van der Waals surface area contributed by atoms with E-state index in [2.05, 4.69) is 31.4 Å². The van der Waals surface area contributed by atoms with Gasteiger partial charge in [-0.2, -0.15) is 0 Å². The Hall–Kier alpha value is -0.610. The highest BCUT2D eigenvalue weighted by molar-refractivity contribution is 5.81. The number of ether oxygens (including phenoxy) is 1. The lowest BCUT2D eigenvalue weighted by atomic mass is 10.0. The normalized spacial score (nSPS) is 26.2. The maximum atomic E-state index is 11.7. The van der Waals surface area contributed by atoms with Crippen molar-refractivity contribution in [2.45, 2.75) is 58.3 Å². The van der Waals surface area contributed by atoms with Crippen molar-refractivity contribution < 1.29 is 9.53 Å². The number of rotatable bonds is 6. The van der Waals surface area contributed by atoms with Gasteiger partial charge >= 0.3 is 0 Å². The van der Waals surface area contributed by atoms with Gasteiger partial charge in [-0.25, -0.2) is 0 Å². The molecule has 4 heteroatoms. The summed E-state index contributed by atoms with van der Waals surface area (Å²) < 4.78 is 5.74. The number of hydrogen-bond donors (Lipinski definition) is 2. The van der Waals surface area contributed by atoms with Crippen molar-refractivity contribution >= 4 is 5.91 Å².